The molecule has 0 radical (unpaired) electrons. The first kappa shape index (κ1) is 20.6. The van der Waals surface area contributed by atoms with Gasteiger partial charge in [-0.05, 0) is 49.8 Å². The van der Waals surface area contributed by atoms with E-state index in [1.807, 2.05) is 6.92 Å². The number of carbonyl (C=O) groups excluding carboxylic acids is 3. The molecule has 1 aromatic carbocycles. The number of hydrogen-bond donors (Lipinski definition) is 2. The number of amides is 1. The molecule has 25 heavy (non-hydrogen) atoms. The number of esters is 2. The molecule has 0 heterocycles. The topological polar surface area (TPSA) is 93.7 Å². The van der Waals surface area contributed by atoms with Crippen molar-refractivity contribution in [3.05, 3.63) is 29.8 Å². The van der Waals surface area contributed by atoms with E-state index in [-0.39, 0.29) is 11.1 Å². The number of rotatable bonds is 7. The molecule has 1 aromatic rings. The Hall–Kier alpha value is -2.48. The van der Waals surface area contributed by atoms with E-state index in [0.29, 0.717) is 17.9 Å². The van der Waals surface area contributed by atoms with Gasteiger partial charge in [0, 0.05) is 12.6 Å². The molecule has 0 aliphatic carbocycles. The summed E-state index contributed by atoms with van der Waals surface area (Å²) in [6.45, 7) is 5.07. The van der Waals surface area contributed by atoms with Crippen LogP contribution in [0.2, 0.25) is 0 Å². The van der Waals surface area contributed by atoms with Crippen LogP contribution in [-0.2, 0) is 19.1 Å². The smallest absolute Gasteiger partial charge is 0.338 e. The monoisotopic (exact) mass is 366 g/mol. The highest BCUT2D eigenvalue weighted by atomic mass is 32.1. The summed E-state index contributed by atoms with van der Waals surface area (Å²) in [6, 6.07) is 6.49. The minimum absolute atomic E-state index is 0.0577. The van der Waals surface area contributed by atoms with Crippen molar-refractivity contribution in [2.24, 2.45) is 0 Å². The molecule has 1 atom stereocenters. The molecular weight excluding hydrogens is 344 g/mol. The van der Waals surface area contributed by atoms with Gasteiger partial charge in [0.15, 0.2) is 11.2 Å². The van der Waals surface area contributed by atoms with Gasteiger partial charge in [-0.1, -0.05) is 13.3 Å². The fraction of sp³-hybridized carbons (Fsp3) is 0.412. The zero-order chi connectivity index (χ0) is 18.8. The number of nitrogens with one attached hydrogen (secondary N) is 2. The quantitative estimate of drug-likeness (QED) is 0.435. The summed E-state index contributed by atoms with van der Waals surface area (Å²) in [5.41, 5.74) is 1.02. The van der Waals surface area contributed by atoms with Gasteiger partial charge in [0.25, 0.3) is 5.91 Å². The maximum absolute atomic E-state index is 11.8. The Bertz CT molecular complexity index is 630. The number of hydrogen-bond acceptors (Lipinski definition) is 6. The van der Waals surface area contributed by atoms with Crippen molar-refractivity contribution < 1.29 is 23.9 Å². The summed E-state index contributed by atoms with van der Waals surface area (Å²) in [4.78, 5) is 34.4. The minimum atomic E-state index is -0.947. The third-order valence-corrected chi connectivity index (χ3v) is 3.26. The lowest BCUT2D eigenvalue weighted by atomic mass is 10.2. The number of anilines is 1. The number of unbranched alkanes of at least 4 members (excludes halogenated alkanes) is 1. The van der Waals surface area contributed by atoms with Crippen LogP contribution in [0.4, 0.5) is 5.69 Å². The van der Waals surface area contributed by atoms with Crippen molar-refractivity contribution in [3.63, 3.8) is 0 Å². The lowest BCUT2D eigenvalue weighted by Gasteiger charge is -2.14. The van der Waals surface area contributed by atoms with Gasteiger partial charge in [-0.2, -0.15) is 0 Å². The number of ether oxygens (including phenoxy) is 2. The summed E-state index contributed by atoms with van der Waals surface area (Å²) in [5, 5.41) is 5.28. The van der Waals surface area contributed by atoms with Gasteiger partial charge in [0.2, 0.25) is 0 Å². The van der Waals surface area contributed by atoms with Crippen molar-refractivity contribution in [3.8, 4) is 0 Å². The van der Waals surface area contributed by atoms with E-state index in [9.17, 15) is 14.4 Å². The zero-order valence-electron chi connectivity index (χ0n) is 14.5. The van der Waals surface area contributed by atoms with Crippen molar-refractivity contribution >= 4 is 40.9 Å². The van der Waals surface area contributed by atoms with E-state index in [1.54, 1.807) is 24.3 Å². The first-order chi connectivity index (χ1) is 11.8. The van der Waals surface area contributed by atoms with Crippen molar-refractivity contribution in [2.45, 2.75) is 39.7 Å². The Morgan fingerprint density at radius 2 is 1.84 bits per heavy atom. The molecule has 0 fully saturated rings. The van der Waals surface area contributed by atoms with Gasteiger partial charge in [-0.3, -0.25) is 14.9 Å². The van der Waals surface area contributed by atoms with Crippen molar-refractivity contribution in [1.82, 2.24) is 5.32 Å². The Morgan fingerprint density at radius 1 is 1.20 bits per heavy atom. The summed E-state index contributed by atoms with van der Waals surface area (Å²) in [7, 11) is 0. The van der Waals surface area contributed by atoms with Gasteiger partial charge in [-0.25, -0.2) is 4.79 Å². The molecule has 0 saturated heterocycles. The fourth-order valence-electron chi connectivity index (χ4n) is 1.76. The van der Waals surface area contributed by atoms with Gasteiger partial charge in [0.05, 0.1) is 12.2 Å². The zero-order valence-corrected chi connectivity index (χ0v) is 15.3. The maximum Gasteiger partial charge on any atom is 0.338 e. The van der Waals surface area contributed by atoms with Gasteiger partial charge < -0.3 is 14.8 Å². The first-order valence-electron chi connectivity index (χ1n) is 7.89. The van der Waals surface area contributed by atoms with E-state index in [2.05, 4.69) is 10.6 Å². The Kier molecular flexibility index (Phi) is 8.55. The lowest BCUT2D eigenvalue weighted by molar-refractivity contribution is -0.152. The molecule has 7 nitrogen and oxygen atoms in total. The predicted octanol–water partition coefficient (Wildman–Crippen LogP) is 2.41. The van der Waals surface area contributed by atoms with Gasteiger partial charge in [-0.15, -0.1) is 0 Å². The highest BCUT2D eigenvalue weighted by molar-refractivity contribution is 7.80. The normalized spacial score (nSPS) is 11.2. The van der Waals surface area contributed by atoms with E-state index < -0.39 is 18.0 Å². The molecule has 0 spiro atoms. The summed E-state index contributed by atoms with van der Waals surface area (Å²) in [5.74, 6) is -1.47. The average Bonchev–Trinajstić information content (AvgIpc) is 2.54. The molecule has 1 amide bonds. The Balaban J connectivity index is 2.51. The van der Waals surface area contributed by atoms with Crippen LogP contribution in [0.1, 0.15) is 44.0 Å². The van der Waals surface area contributed by atoms with Crippen molar-refractivity contribution in [2.75, 3.05) is 11.9 Å². The highest BCUT2D eigenvalue weighted by Crippen LogP contribution is 2.11. The fourth-order valence-corrected chi connectivity index (χ4v) is 1.98. The van der Waals surface area contributed by atoms with Crippen LogP contribution in [0.3, 0.4) is 0 Å². The first-order valence-corrected chi connectivity index (χ1v) is 8.30. The van der Waals surface area contributed by atoms with Crippen LogP contribution in [0, 0.1) is 0 Å². The Labute approximate surface area is 152 Å². The van der Waals surface area contributed by atoms with Gasteiger partial charge >= 0.3 is 11.9 Å². The van der Waals surface area contributed by atoms with Crippen LogP contribution >= 0.6 is 12.2 Å². The third kappa shape index (κ3) is 7.75. The van der Waals surface area contributed by atoms with Crippen LogP contribution in [-0.4, -0.2) is 35.7 Å². The molecule has 0 aliphatic heterocycles. The van der Waals surface area contributed by atoms with E-state index in [1.165, 1.54) is 13.8 Å². The molecule has 136 valence electrons. The molecule has 0 aromatic heterocycles. The summed E-state index contributed by atoms with van der Waals surface area (Å²) in [6.07, 6.45) is 0.832. The maximum atomic E-state index is 11.8. The molecule has 1 rings (SSSR count). The highest BCUT2D eigenvalue weighted by Gasteiger charge is 2.17. The van der Waals surface area contributed by atoms with Crippen molar-refractivity contribution in [1.29, 1.82) is 0 Å². The number of carbonyl (C=O) groups is 3. The average molecular weight is 366 g/mol. The third-order valence-electron chi connectivity index (χ3n) is 3.06. The molecule has 0 aliphatic rings. The molecule has 0 bridgehead atoms. The van der Waals surface area contributed by atoms with Crippen LogP contribution in [0.25, 0.3) is 0 Å². The molecule has 0 saturated carbocycles. The Morgan fingerprint density at radius 3 is 2.40 bits per heavy atom. The largest absolute Gasteiger partial charge is 0.462 e. The van der Waals surface area contributed by atoms with E-state index in [4.69, 9.17) is 21.7 Å². The van der Waals surface area contributed by atoms with Gasteiger partial charge in [0.1, 0.15) is 0 Å². The predicted molar refractivity (Wildman–Crippen MR) is 97.2 cm³/mol. The molecular formula is C17H22N2O5S. The lowest BCUT2D eigenvalue weighted by Crippen LogP contribution is -2.41. The summed E-state index contributed by atoms with van der Waals surface area (Å²) >= 11 is 5.03. The standard InChI is InChI=1S/C17H22N2O5S/c1-4-5-10-23-16(22)13-6-8-14(9-7-13)18-17(25)19-15(21)11(2)24-12(3)20/h6-9,11H,4-5,10H2,1-3H3,(H2,18,19,21,25)/t11-/m0/s1. The van der Waals surface area contributed by atoms with Crippen LogP contribution in [0.5, 0.6) is 0 Å². The summed E-state index contributed by atoms with van der Waals surface area (Å²) < 4.78 is 9.87. The molecule has 8 heteroatoms. The minimum Gasteiger partial charge on any atom is -0.462 e. The molecule has 2 N–H and O–H groups in total. The van der Waals surface area contributed by atoms with E-state index >= 15 is 0 Å². The second-order valence-electron chi connectivity index (χ2n) is 5.26. The SMILES string of the molecule is CCCCOC(=O)c1ccc(NC(=S)NC(=O)[C@H](C)OC(C)=O)cc1. The number of benzene rings is 1. The number of thiocarbonyl (C=S) groups is 1. The molecule has 0 unspecified atom stereocenters. The van der Waals surface area contributed by atoms with Crippen LogP contribution < -0.4 is 10.6 Å². The second kappa shape index (κ2) is 10.4. The van der Waals surface area contributed by atoms with E-state index in [0.717, 1.165) is 12.8 Å². The van der Waals surface area contributed by atoms with Crippen LogP contribution in [0.15, 0.2) is 24.3 Å². The second-order valence-corrected chi connectivity index (χ2v) is 5.67.